The van der Waals surface area contributed by atoms with Crippen molar-refractivity contribution in [1.29, 1.82) is 0 Å². The summed E-state index contributed by atoms with van der Waals surface area (Å²) in [6.45, 7) is 5.93. The van der Waals surface area contributed by atoms with E-state index in [1.165, 1.54) is 0 Å². The van der Waals surface area contributed by atoms with Crippen LogP contribution >= 0.6 is 0 Å². The third kappa shape index (κ3) is 7.81. The Kier molecular flexibility index (Phi) is 12.0. The zero-order valence-corrected chi connectivity index (χ0v) is 16.9. The molecule has 2 aromatic rings. The average Bonchev–Trinajstić information content (AvgIpc) is 2.78. The van der Waals surface area contributed by atoms with Crippen molar-refractivity contribution in [2.75, 3.05) is 12.3 Å². The number of carboxylic acids is 1. The molecule has 4 N–H and O–H groups in total. The van der Waals surface area contributed by atoms with E-state index in [1.54, 1.807) is 6.33 Å². The van der Waals surface area contributed by atoms with Crippen molar-refractivity contribution in [2.45, 2.75) is 33.7 Å². The fourth-order valence-corrected chi connectivity index (χ4v) is 1.72. The molecule has 0 aromatic carbocycles. The Balaban J connectivity index is 0. The number of aliphatic hydroxyl groups is 1. The first kappa shape index (κ1) is 24.1. The molecule has 0 saturated heterocycles. The Hall–Kier alpha value is -1.12. The molecular formula is C14H24N5O3Y-. The monoisotopic (exact) mass is 399 g/mol. The second-order valence-electron chi connectivity index (χ2n) is 4.87. The van der Waals surface area contributed by atoms with Crippen LogP contribution in [0.4, 0.5) is 5.95 Å². The Morgan fingerprint density at radius 3 is 2.52 bits per heavy atom. The summed E-state index contributed by atoms with van der Waals surface area (Å²) in [7, 11) is 0. The van der Waals surface area contributed by atoms with Crippen LogP contribution in [0.3, 0.4) is 0 Å². The van der Waals surface area contributed by atoms with Crippen LogP contribution in [-0.4, -0.2) is 42.3 Å². The van der Waals surface area contributed by atoms with E-state index in [0.717, 1.165) is 36.7 Å². The fourth-order valence-electron chi connectivity index (χ4n) is 1.72. The third-order valence-electron chi connectivity index (χ3n) is 2.83. The van der Waals surface area contributed by atoms with Gasteiger partial charge in [0.25, 0.3) is 5.97 Å². The van der Waals surface area contributed by atoms with E-state index in [-0.39, 0.29) is 58.6 Å². The first-order valence-corrected chi connectivity index (χ1v) is 6.60. The Bertz CT molecular complexity index is 614. The van der Waals surface area contributed by atoms with Gasteiger partial charge in [-0.05, 0) is 19.3 Å². The molecule has 127 valence electrons. The number of nitrogens with two attached hydrogens (primary N) is 1. The second-order valence-corrected chi connectivity index (χ2v) is 4.87. The smallest absolute Gasteiger partial charge is 0.300 e. The summed E-state index contributed by atoms with van der Waals surface area (Å²) in [4.78, 5) is 21.6. The Labute approximate surface area is 161 Å². The molecule has 9 heteroatoms. The van der Waals surface area contributed by atoms with Crippen LogP contribution in [0, 0.1) is 20.3 Å². The molecule has 1 atom stereocenters. The molecule has 8 nitrogen and oxygen atoms in total. The molecular weight excluding hydrogens is 375 g/mol. The van der Waals surface area contributed by atoms with Gasteiger partial charge in [0.2, 0.25) is 5.95 Å². The van der Waals surface area contributed by atoms with Gasteiger partial charge < -0.3 is 27.9 Å². The maximum atomic E-state index is 9.00. The molecule has 0 aliphatic rings. The molecule has 0 bridgehead atoms. The number of fused-ring (bicyclic) bond motifs is 1. The molecule has 2 heterocycles. The molecule has 2 aromatic heterocycles. The number of aromatic nitrogens is 4. The molecule has 0 aliphatic carbocycles. The van der Waals surface area contributed by atoms with Crippen LogP contribution in [0.25, 0.3) is 11.2 Å². The van der Waals surface area contributed by atoms with Gasteiger partial charge in [-0.1, -0.05) is 6.92 Å². The number of aliphatic hydroxyl groups excluding tert-OH is 1. The summed E-state index contributed by atoms with van der Waals surface area (Å²) >= 11 is 0. The van der Waals surface area contributed by atoms with E-state index in [2.05, 4.69) is 15.0 Å². The first-order valence-electron chi connectivity index (χ1n) is 6.60. The first-order chi connectivity index (χ1) is 9.85. The van der Waals surface area contributed by atoms with E-state index in [4.69, 9.17) is 20.7 Å². The summed E-state index contributed by atoms with van der Waals surface area (Å²) in [5.41, 5.74) is 7.98. The van der Waals surface area contributed by atoms with Gasteiger partial charge in [0.1, 0.15) is 5.52 Å². The van der Waals surface area contributed by atoms with Gasteiger partial charge in [-0.3, -0.25) is 4.79 Å². The fraction of sp³-hybridized carbons (Fsp3) is 0.500. The zero-order valence-electron chi connectivity index (χ0n) is 14.0. The number of carboxylic acid groups (broad SMARTS) is 1. The van der Waals surface area contributed by atoms with Crippen LogP contribution in [0.1, 0.15) is 26.0 Å². The van der Waals surface area contributed by atoms with E-state index >= 15 is 0 Å². The predicted molar refractivity (Wildman–Crippen MR) is 85.1 cm³/mol. The van der Waals surface area contributed by atoms with Gasteiger partial charge in [0, 0.05) is 52.8 Å². The molecule has 2 rings (SSSR count). The minimum absolute atomic E-state index is 0. The topological polar surface area (TPSA) is 127 Å². The number of anilines is 1. The molecule has 1 unspecified atom stereocenters. The number of nitrogen functional groups attached to an aromatic ring is 1. The largest absolute Gasteiger partial charge is 0.481 e. The van der Waals surface area contributed by atoms with Gasteiger partial charge >= 0.3 is 0 Å². The summed E-state index contributed by atoms with van der Waals surface area (Å²) in [6.07, 6.45) is 2.63. The van der Waals surface area contributed by atoms with Crippen LogP contribution in [0.15, 0.2) is 6.33 Å². The van der Waals surface area contributed by atoms with Gasteiger partial charge in [-0.15, -0.1) is 0 Å². The number of aryl methyl sites for hydroxylation is 2. The third-order valence-corrected chi connectivity index (χ3v) is 2.83. The quantitative estimate of drug-likeness (QED) is 0.661. The van der Waals surface area contributed by atoms with Gasteiger partial charge in [-0.25, -0.2) is 9.97 Å². The van der Waals surface area contributed by atoms with E-state index in [9.17, 15) is 0 Å². The SMILES string of the molecule is CC(=O)O.Cc1nc(N)nc2c1ncn2CCC(C)CO.[CH3-].[Y]. The minimum atomic E-state index is -0.833. The van der Waals surface area contributed by atoms with E-state index in [0.29, 0.717) is 0 Å². The molecule has 23 heavy (non-hydrogen) atoms. The predicted octanol–water partition coefficient (Wildman–Crippen LogP) is 1.27. The Morgan fingerprint density at radius 2 is 2.00 bits per heavy atom. The van der Waals surface area contributed by atoms with Crippen LogP contribution < -0.4 is 5.73 Å². The molecule has 0 aliphatic heterocycles. The Morgan fingerprint density at radius 1 is 1.43 bits per heavy atom. The summed E-state index contributed by atoms with van der Waals surface area (Å²) in [5, 5.41) is 16.4. The van der Waals surface area contributed by atoms with Crippen molar-refractivity contribution < 1.29 is 47.7 Å². The van der Waals surface area contributed by atoms with E-state index in [1.807, 2.05) is 18.4 Å². The van der Waals surface area contributed by atoms with Crippen molar-refractivity contribution in [3.8, 4) is 0 Å². The average molecular weight is 399 g/mol. The van der Waals surface area contributed by atoms with Gasteiger partial charge in [0.15, 0.2) is 5.65 Å². The van der Waals surface area contributed by atoms with Crippen LogP contribution in [0.2, 0.25) is 0 Å². The standard InChI is InChI=1S/C11H17N5O.C2H4O2.CH3.Y/c1-7(5-17)3-4-16-6-13-9-8(2)14-11(12)15-10(9)16;1-2(3)4;;/h6-7,17H,3-5H2,1-2H3,(H2,12,14,15);1H3,(H,3,4);1H3;/q;;-1;. The van der Waals surface area contributed by atoms with Gasteiger partial charge in [-0.2, -0.15) is 4.98 Å². The summed E-state index contributed by atoms with van der Waals surface area (Å²) < 4.78 is 1.95. The van der Waals surface area contributed by atoms with Crippen molar-refractivity contribution in [1.82, 2.24) is 19.5 Å². The van der Waals surface area contributed by atoms with Crippen molar-refractivity contribution in [3.05, 3.63) is 19.4 Å². The number of aliphatic carboxylic acids is 1. The molecule has 0 fully saturated rings. The van der Waals surface area contributed by atoms with Crippen LogP contribution in [-0.2, 0) is 44.0 Å². The summed E-state index contributed by atoms with van der Waals surface area (Å²) in [6, 6.07) is 0. The minimum Gasteiger partial charge on any atom is -0.481 e. The molecule has 0 spiro atoms. The summed E-state index contributed by atoms with van der Waals surface area (Å²) in [5.74, 6) is -0.292. The maximum Gasteiger partial charge on any atom is 0.300 e. The molecule has 0 amide bonds. The van der Waals surface area contributed by atoms with Crippen molar-refractivity contribution in [2.24, 2.45) is 5.92 Å². The molecule has 1 radical (unpaired) electrons. The van der Waals surface area contributed by atoms with E-state index < -0.39 is 5.97 Å². The number of hydrogen-bond acceptors (Lipinski definition) is 6. The van der Waals surface area contributed by atoms with Crippen LogP contribution in [0.5, 0.6) is 0 Å². The number of rotatable bonds is 4. The maximum absolute atomic E-state index is 9.00. The zero-order chi connectivity index (χ0) is 16.0. The number of nitrogens with zero attached hydrogens (tertiary/aromatic N) is 4. The van der Waals surface area contributed by atoms with Crippen molar-refractivity contribution in [3.63, 3.8) is 0 Å². The van der Waals surface area contributed by atoms with Crippen molar-refractivity contribution >= 4 is 23.1 Å². The normalized spacial score (nSPS) is 10.8. The second kappa shape index (κ2) is 11.4. The number of imidazole rings is 1. The number of hydrogen-bond donors (Lipinski definition) is 3. The van der Waals surface area contributed by atoms with Gasteiger partial charge in [0.05, 0.1) is 12.0 Å². The molecule has 0 saturated carbocycles. The number of carbonyl (C=O) groups is 1.